The lowest BCUT2D eigenvalue weighted by atomic mass is 9.93. The van der Waals surface area contributed by atoms with E-state index in [4.69, 9.17) is 4.42 Å². The number of hydrogen-bond donors (Lipinski definition) is 1. The van der Waals surface area contributed by atoms with Crippen LogP contribution >= 0.6 is 0 Å². The maximum atomic E-state index is 5.32. The molecule has 1 saturated carbocycles. The molecule has 1 aromatic rings. The van der Waals surface area contributed by atoms with Crippen LogP contribution in [0.25, 0.3) is 0 Å². The number of aliphatic imine (C=N–C) groups is 1. The Kier molecular flexibility index (Phi) is 3.49. The first-order valence-corrected chi connectivity index (χ1v) is 5.76. The van der Waals surface area contributed by atoms with Gasteiger partial charge in [-0.3, -0.25) is 4.99 Å². The minimum atomic E-state index is 0.609. The van der Waals surface area contributed by atoms with E-state index in [9.17, 15) is 0 Å². The first-order chi connectivity index (χ1) is 7.79. The van der Waals surface area contributed by atoms with Gasteiger partial charge in [-0.1, -0.05) is 0 Å². The van der Waals surface area contributed by atoms with E-state index in [-0.39, 0.29) is 0 Å². The number of nitrogens with zero attached hydrogens (tertiary/aromatic N) is 2. The second-order valence-electron chi connectivity index (χ2n) is 4.25. The lowest BCUT2D eigenvalue weighted by molar-refractivity contribution is 0.348. The van der Waals surface area contributed by atoms with Gasteiger partial charge in [0.15, 0.2) is 5.96 Å². The fourth-order valence-corrected chi connectivity index (χ4v) is 1.79. The first kappa shape index (κ1) is 11.0. The highest BCUT2D eigenvalue weighted by Gasteiger charge is 2.19. The molecule has 1 heterocycles. The minimum Gasteiger partial charge on any atom is -0.467 e. The van der Waals surface area contributed by atoms with Crippen molar-refractivity contribution in [2.45, 2.75) is 31.8 Å². The van der Waals surface area contributed by atoms with Crippen LogP contribution in [0.2, 0.25) is 0 Å². The summed E-state index contributed by atoms with van der Waals surface area (Å²) in [4.78, 5) is 6.36. The van der Waals surface area contributed by atoms with E-state index in [2.05, 4.69) is 15.2 Å². The standard InChI is InChI=1S/C12H19N3O/c1-13-12(14-10-5-3-6-10)15(2)9-11-7-4-8-16-11/h4,7-8,10H,3,5-6,9H2,1-2H3,(H,13,14). The van der Waals surface area contributed by atoms with Crippen LogP contribution in [-0.2, 0) is 6.54 Å². The molecule has 88 valence electrons. The lowest BCUT2D eigenvalue weighted by Crippen LogP contribution is -2.46. The van der Waals surface area contributed by atoms with E-state index >= 15 is 0 Å². The molecule has 1 aromatic heterocycles. The van der Waals surface area contributed by atoms with Crippen molar-refractivity contribution in [3.05, 3.63) is 24.2 Å². The first-order valence-electron chi connectivity index (χ1n) is 5.76. The highest BCUT2D eigenvalue weighted by molar-refractivity contribution is 5.79. The summed E-state index contributed by atoms with van der Waals surface area (Å²) >= 11 is 0. The van der Waals surface area contributed by atoms with E-state index in [1.54, 1.807) is 6.26 Å². The van der Waals surface area contributed by atoms with Crippen molar-refractivity contribution in [3.8, 4) is 0 Å². The van der Waals surface area contributed by atoms with Gasteiger partial charge < -0.3 is 14.6 Å². The Bertz CT molecular complexity index is 341. The van der Waals surface area contributed by atoms with Gasteiger partial charge in [-0.05, 0) is 31.4 Å². The zero-order chi connectivity index (χ0) is 11.4. The molecular weight excluding hydrogens is 202 g/mol. The molecule has 16 heavy (non-hydrogen) atoms. The molecule has 0 aromatic carbocycles. The molecule has 0 bridgehead atoms. The third-order valence-corrected chi connectivity index (χ3v) is 2.98. The summed E-state index contributed by atoms with van der Waals surface area (Å²) in [5.41, 5.74) is 0. The Labute approximate surface area is 96.3 Å². The van der Waals surface area contributed by atoms with Gasteiger partial charge in [-0.15, -0.1) is 0 Å². The molecule has 0 unspecified atom stereocenters. The summed E-state index contributed by atoms with van der Waals surface area (Å²) in [6, 6.07) is 4.50. The third kappa shape index (κ3) is 2.56. The smallest absolute Gasteiger partial charge is 0.194 e. The van der Waals surface area contributed by atoms with Crippen LogP contribution in [0, 0.1) is 0 Å². The lowest BCUT2D eigenvalue weighted by Gasteiger charge is -2.31. The predicted octanol–water partition coefficient (Wildman–Crippen LogP) is 1.84. The van der Waals surface area contributed by atoms with E-state index < -0.39 is 0 Å². The summed E-state index contributed by atoms with van der Waals surface area (Å²) in [7, 11) is 3.84. The van der Waals surface area contributed by atoms with Gasteiger partial charge in [0.1, 0.15) is 5.76 Å². The SMILES string of the molecule is CN=C(NC1CCC1)N(C)Cc1ccco1. The van der Waals surface area contributed by atoms with Gasteiger partial charge >= 0.3 is 0 Å². The Balaban J connectivity index is 1.88. The largest absolute Gasteiger partial charge is 0.467 e. The molecular formula is C12H19N3O. The maximum Gasteiger partial charge on any atom is 0.194 e. The summed E-state index contributed by atoms with van der Waals surface area (Å²) in [6.07, 6.45) is 5.54. The van der Waals surface area contributed by atoms with Crippen LogP contribution in [0.1, 0.15) is 25.0 Å². The average molecular weight is 221 g/mol. The predicted molar refractivity (Wildman–Crippen MR) is 64.3 cm³/mol. The van der Waals surface area contributed by atoms with Gasteiger partial charge in [-0.25, -0.2) is 0 Å². The number of rotatable bonds is 3. The molecule has 0 saturated heterocycles. The highest BCUT2D eigenvalue weighted by Crippen LogP contribution is 2.18. The topological polar surface area (TPSA) is 40.8 Å². The maximum absolute atomic E-state index is 5.32. The van der Waals surface area contributed by atoms with Crippen molar-refractivity contribution in [1.29, 1.82) is 0 Å². The zero-order valence-electron chi connectivity index (χ0n) is 9.94. The van der Waals surface area contributed by atoms with Gasteiger partial charge in [0.2, 0.25) is 0 Å². The monoisotopic (exact) mass is 221 g/mol. The number of hydrogen-bond acceptors (Lipinski definition) is 2. The van der Waals surface area contributed by atoms with Crippen molar-refractivity contribution in [2.24, 2.45) is 4.99 Å². The van der Waals surface area contributed by atoms with Crippen molar-refractivity contribution in [3.63, 3.8) is 0 Å². The molecule has 4 heteroatoms. The van der Waals surface area contributed by atoms with Crippen LogP contribution < -0.4 is 5.32 Å². The van der Waals surface area contributed by atoms with Gasteiger partial charge in [-0.2, -0.15) is 0 Å². The van der Waals surface area contributed by atoms with Crippen molar-refractivity contribution in [1.82, 2.24) is 10.2 Å². The minimum absolute atomic E-state index is 0.609. The van der Waals surface area contributed by atoms with Gasteiger partial charge in [0.05, 0.1) is 12.8 Å². The average Bonchev–Trinajstić information content (AvgIpc) is 2.69. The Morgan fingerprint density at radius 1 is 1.62 bits per heavy atom. The fourth-order valence-electron chi connectivity index (χ4n) is 1.79. The molecule has 4 nitrogen and oxygen atoms in total. The van der Waals surface area contributed by atoms with Crippen molar-refractivity contribution in [2.75, 3.05) is 14.1 Å². The summed E-state index contributed by atoms with van der Waals surface area (Å²) in [5, 5.41) is 3.45. The van der Waals surface area contributed by atoms with Crippen LogP contribution in [0.3, 0.4) is 0 Å². The molecule has 1 fully saturated rings. The quantitative estimate of drug-likeness (QED) is 0.625. The molecule has 1 N–H and O–H groups in total. The second kappa shape index (κ2) is 5.05. The Hall–Kier alpha value is -1.45. The molecule has 0 amide bonds. The van der Waals surface area contributed by atoms with Crippen LogP contribution in [-0.4, -0.2) is 31.0 Å². The number of nitrogens with one attached hydrogen (secondary N) is 1. The van der Waals surface area contributed by atoms with Crippen LogP contribution in [0.15, 0.2) is 27.8 Å². The molecule has 0 radical (unpaired) electrons. The molecule has 0 atom stereocenters. The van der Waals surface area contributed by atoms with Crippen LogP contribution in [0.4, 0.5) is 0 Å². The molecule has 0 aliphatic heterocycles. The highest BCUT2D eigenvalue weighted by atomic mass is 16.3. The van der Waals surface area contributed by atoms with Crippen LogP contribution in [0.5, 0.6) is 0 Å². The van der Waals surface area contributed by atoms with E-state index in [1.807, 2.05) is 26.2 Å². The van der Waals surface area contributed by atoms with Gasteiger partial charge in [0, 0.05) is 20.1 Å². The summed E-state index contributed by atoms with van der Waals surface area (Å²) in [6.45, 7) is 0.749. The third-order valence-electron chi connectivity index (χ3n) is 2.98. The van der Waals surface area contributed by atoms with E-state index in [1.165, 1.54) is 19.3 Å². The molecule has 0 spiro atoms. The fraction of sp³-hybridized carbons (Fsp3) is 0.583. The van der Waals surface area contributed by atoms with E-state index in [0.29, 0.717) is 6.04 Å². The molecule has 1 aliphatic rings. The Morgan fingerprint density at radius 2 is 2.44 bits per heavy atom. The van der Waals surface area contributed by atoms with Gasteiger partial charge in [0.25, 0.3) is 0 Å². The number of furan rings is 1. The zero-order valence-corrected chi connectivity index (χ0v) is 9.94. The van der Waals surface area contributed by atoms with Crippen molar-refractivity contribution < 1.29 is 4.42 Å². The summed E-state index contributed by atoms with van der Waals surface area (Å²) in [5.74, 6) is 1.90. The summed E-state index contributed by atoms with van der Waals surface area (Å²) < 4.78 is 5.32. The molecule has 2 rings (SSSR count). The van der Waals surface area contributed by atoms with Crippen molar-refractivity contribution >= 4 is 5.96 Å². The Morgan fingerprint density at radius 3 is 2.94 bits per heavy atom. The molecule has 1 aliphatic carbocycles. The number of guanidine groups is 1. The van der Waals surface area contributed by atoms with E-state index in [0.717, 1.165) is 18.3 Å². The normalized spacial score (nSPS) is 17.0. The second-order valence-corrected chi connectivity index (χ2v) is 4.25.